The Morgan fingerprint density at radius 3 is 2.08 bits per heavy atom. The van der Waals surface area contributed by atoms with Crippen molar-refractivity contribution in [2.24, 2.45) is 0 Å². The van der Waals surface area contributed by atoms with E-state index in [-0.39, 0.29) is 62.1 Å². The average Bonchev–Trinajstić information content (AvgIpc) is 3.62. The number of esters is 2. The first-order valence-electron chi connectivity index (χ1n) is 15.7. The van der Waals surface area contributed by atoms with Crippen molar-refractivity contribution >= 4 is 36.7 Å². The molecular formula is C32H40N7O10P. The summed E-state index contributed by atoms with van der Waals surface area (Å²) in [6.07, 6.45) is -2.92. The third kappa shape index (κ3) is 9.19. The smallest absolute Gasteiger partial charge is 0.340 e. The van der Waals surface area contributed by atoms with Crippen LogP contribution in [0, 0.1) is 0 Å². The Hall–Kier alpha value is -4.48. The molecule has 2 aromatic carbocycles. The minimum absolute atomic E-state index is 0.0762. The Balaban J connectivity index is 1.22. The van der Waals surface area contributed by atoms with Gasteiger partial charge in [0.25, 0.3) is 0 Å². The molecule has 0 radical (unpaired) electrons. The van der Waals surface area contributed by atoms with Crippen LogP contribution in [0.2, 0.25) is 0 Å². The summed E-state index contributed by atoms with van der Waals surface area (Å²) in [6, 6.07) is 18.3. The fraction of sp³-hybridized carbons (Fsp3) is 0.406. The molecule has 18 heteroatoms. The zero-order valence-electron chi connectivity index (χ0n) is 27.5. The van der Waals surface area contributed by atoms with Crippen LogP contribution in [-0.4, -0.2) is 86.3 Å². The number of hydrogen-bond acceptors (Lipinski definition) is 14. The summed E-state index contributed by atoms with van der Waals surface area (Å²) < 4.78 is 42.9. The number of carbonyl (C=O) groups excluding carboxylic acids is 2. The summed E-state index contributed by atoms with van der Waals surface area (Å²) in [4.78, 5) is 37.2. The number of imidazole rings is 1. The standard InChI is InChI=1S/C32H40N7O10P/c1-32(43)27(42)23(49-30(32)39-20-34-26-28(39)37-31(33)38-29(26)45-2)19-48-50(44,35-15-13-24(40)46-17-21-9-5-3-6-10-21)36-16-14-25(41)47-18-22-11-7-4-8-12-22/h3-12,20,23,27,30,42-43H,13-19H2,1-2H3,(H2,33,37,38)(H2,35,36,44). The highest BCUT2D eigenvalue weighted by Gasteiger charge is 2.54. The summed E-state index contributed by atoms with van der Waals surface area (Å²) in [7, 11) is -2.61. The highest BCUT2D eigenvalue weighted by Crippen LogP contribution is 2.43. The number of benzene rings is 2. The number of carbonyl (C=O) groups is 2. The maximum atomic E-state index is 13.9. The quantitative estimate of drug-likeness (QED) is 0.0778. The van der Waals surface area contributed by atoms with Crippen LogP contribution in [0.15, 0.2) is 67.0 Å². The molecular weight excluding hydrogens is 673 g/mol. The van der Waals surface area contributed by atoms with Crippen molar-refractivity contribution in [3.05, 3.63) is 78.1 Å². The van der Waals surface area contributed by atoms with Gasteiger partial charge in [0.15, 0.2) is 17.4 Å². The van der Waals surface area contributed by atoms with Crippen LogP contribution in [0.1, 0.15) is 37.1 Å². The number of fused-ring (bicyclic) bond motifs is 1. The molecule has 4 unspecified atom stereocenters. The first-order valence-corrected chi connectivity index (χ1v) is 17.4. The minimum atomic E-state index is -4.00. The van der Waals surface area contributed by atoms with E-state index < -0.39 is 50.3 Å². The Morgan fingerprint density at radius 2 is 1.54 bits per heavy atom. The Bertz CT molecular complexity index is 1730. The number of aromatic nitrogens is 4. The van der Waals surface area contributed by atoms with Gasteiger partial charge in [-0.3, -0.25) is 18.7 Å². The van der Waals surface area contributed by atoms with E-state index >= 15 is 0 Å². The molecule has 268 valence electrons. The molecule has 6 N–H and O–H groups in total. The number of aliphatic hydroxyl groups is 2. The van der Waals surface area contributed by atoms with E-state index in [1.165, 1.54) is 24.9 Å². The summed E-state index contributed by atoms with van der Waals surface area (Å²) in [5.74, 6) is -1.09. The second-order valence-electron chi connectivity index (χ2n) is 11.6. The number of anilines is 1. The predicted octanol–water partition coefficient (Wildman–Crippen LogP) is 2.00. The molecule has 4 aromatic rings. The molecule has 3 heterocycles. The molecule has 1 fully saturated rings. The average molecular weight is 714 g/mol. The van der Waals surface area contributed by atoms with Gasteiger partial charge >= 0.3 is 19.6 Å². The molecule has 2 aromatic heterocycles. The van der Waals surface area contributed by atoms with Crippen LogP contribution < -0.4 is 20.6 Å². The number of nitrogens with zero attached hydrogens (tertiary/aromatic N) is 4. The third-order valence-corrected chi connectivity index (χ3v) is 9.60. The van der Waals surface area contributed by atoms with Crippen molar-refractivity contribution in [1.29, 1.82) is 0 Å². The van der Waals surface area contributed by atoms with Crippen LogP contribution in [-0.2, 0) is 46.1 Å². The van der Waals surface area contributed by atoms with E-state index in [2.05, 4.69) is 25.1 Å². The van der Waals surface area contributed by atoms with Crippen molar-refractivity contribution < 1.29 is 47.8 Å². The minimum Gasteiger partial charge on any atom is -0.479 e. The van der Waals surface area contributed by atoms with Crippen LogP contribution >= 0.6 is 7.67 Å². The van der Waals surface area contributed by atoms with E-state index in [4.69, 9.17) is 29.2 Å². The molecule has 1 saturated heterocycles. The summed E-state index contributed by atoms with van der Waals surface area (Å²) in [5.41, 5.74) is 5.98. The molecule has 0 saturated carbocycles. The number of nitrogens with two attached hydrogens (primary N) is 1. The first-order chi connectivity index (χ1) is 24.0. The normalized spacial score (nSPS) is 20.5. The van der Waals surface area contributed by atoms with E-state index in [9.17, 15) is 24.4 Å². The number of hydrogen-bond donors (Lipinski definition) is 5. The number of nitrogen functional groups attached to an aromatic ring is 1. The molecule has 0 aliphatic carbocycles. The maximum Gasteiger partial charge on any atom is 0.340 e. The lowest BCUT2D eigenvalue weighted by molar-refractivity contribution is -0.145. The second kappa shape index (κ2) is 16.5. The predicted molar refractivity (Wildman–Crippen MR) is 178 cm³/mol. The number of rotatable bonds is 17. The molecule has 17 nitrogen and oxygen atoms in total. The third-order valence-electron chi connectivity index (χ3n) is 7.81. The van der Waals surface area contributed by atoms with Gasteiger partial charge in [0.1, 0.15) is 31.0 Å². The van der Waals surface area contributed by atoms with Gasteiger partial charge in [-0.15, -0.1) is 0 Å². The van der Waals surface area contributed by atoms with Gasteiger partial charge in [-0.05, 0) is 18.1 Å². The molecule has 0 amide bonds. The van der Waals surface area contributed by atoms with E-state index in [0.29, 0.717) is 0 Å². The molecule has 1 aliphatic heterocycles. The maximum absolute atomic E-state index is 13.9. The lowest BCUT2D eigenvalue weighted by atomic mass is 9.96. The Kier molecular flexibility index (Phi) is 12.1. The van der Waals surface area contributed by atoms with Gasteiger partial charge in [-0.25, -0.2) is 15.2 Å². The van der Waals surface area contributed by atoms with Gasteiger partial charge < -0.3 is 39.4 Å². The summed E-state index contributed by atoms with van der Waals surface area (Å²) in [6.45, 7) is 0.798. The van der Waals surface area contributed by atoms with Crippen molar-refractivity contribution in [2.75, 3.05) is 32.5 Å². The molecule has 5 rings (SSSR count). The van der Waals surface area contributed by atoms with Crippen molar-refractivity contribution in [3.8, 4) is 5.88 Å². The van der Waals surface area contributed by atoms with E-state index in [0.717, 1.165) is 11.1 Å². The Morgan fingerprint density at radius 1 is 0.980 bits per heavy atom. The monoisotopic (exact) mass is 713 g/mol. The largest absolute Gasteiger partial charge is 0.479 e. The number of aliphatic hydroxyl groups excluding tert-OH is 1. The molecule has 4 atom stereocenters. The Labute approximate surface area is 287 Å². The van der Waals surface area contributed by atoms with E-state index in [1.807, 2.05) is 60.7 Å². The fourth-order valence-corrected chi connectivity index (χ4v) is 6.62. The highest BCUT2D eigenvalue weighted by atomic mass is 31.2. The SMILES string of the molecule is COc1nc(N)nc2c1ncn2C1OC(COP(=O)(NCCC(=O)OCc2ccccc2)NCCC(=O)OCc2ccccc2)C(O)C1(C)O. The fourth-order valence-electron chi connectivity index (χ4n) is 5.15. The highest BCUT2D eigenvalue weighted by molar-refractivity contribution is 7.54. The zero-order valence-corrected chi connectivity index (χ0v) is 28.4. The summed E-state index contributed by atoms with van der Waals surface area (Å²) >= 11 is 0. The summed E-state index contributed by atoms with van der Waals surface area (Å²) in [5, 5.41) is 27.8. The number of nitrogens with one attached hydrogen (secondary N) is 2. The lowest BCUT2D eigenvalue weighted by Crippen LogP contribution is -2.44. The van der Waals surface area contributed by atoms with Crippen LogP contribution in [0.3, 0.4) is 0 Å². The molecule has 0 spiro atoms. The lowest BCUT2D eigenvalue weighted by Gasteiger charge is -2.27. The van der Waals surface area contributed by atoms with Crippen molar-refractivity contribution in [1.82, 2.24) is 29.7 Å². The second-order valence-corrected chi connectivity index (χ2v) is 13.6. The van der Waals surface area contributed by atoms with Gasteiger partial charge in [-0.1, -0.05) is 60.7 Å². The van der Waals surface area contributed by atoms with Gasteiger partial charge in [-0.2, -0.15) is 9.97 Å². The molecule has 50 heavy (non-hydrogen) atoms. The first kappa shape index (κ1) is 36.8. The van der Waals surface area contributed by atoms with Crippen molar-refractivity contribution in [3.63, 3.8) is 0 Å². The van der Waals surface area contributed by atoms with Crippen LogP contribution in [0.5, 0.6) is 5.88 Å². The van der Waals surface area contributed by atoms with Crippen LogP contribution in [0.25, 0.3) is 11.2 Å². The zero-order chi connectivity index (χ0) is 35.7. The number of methoxy groups -OCH3 is 1. The number of ether oxygens (including phenoxy) is 4. The van der Waals surface area contributed by atoms with Gasteiger partial charge in [0, 0.05) is 13.1 Å². The molecule has 1 aliphatic rings. The molecule has 0 bridgehead atoms. The van der Waals surface area contributed by atoms with E-state index in [1.54, 1.807) is 0 Å². The van der Waals surface area contributed by atoms with Gasteiger partial charge in [0.05, 0.1) is 32.9 Å². The van der Waals surface area contributed by atoms with Crippen LogP contribution in [0.4, 0.5) is 5.95 Å². The van der Waals surface area contributed by atoms with Gasteiger partial charge in [0.2, 0.25) is 11.8 Å². The van der Waals surface area contributed by atoms with Crippen molar-refractivity contribution in [2.45, 2.75) is 57.0 Å². The topological polar surface area (TPSA) is 231 Å².